The van der Waals surface area contributed by atoms with Crippen LogP contribution in [0.25, 0.3) is 0 Å². The zero-order valence-electron chi connectivity index (χ0n) is 10.2. The number of hydrogen-bond acceptors (Lipinski definition) is 3. The molecule has 0 aliphatic heterocycles. The van der Waals surface area contributed by atoms with Crippen LogP contribution in [0.2, 0.25) is 0 Å². The summed E-state index contributed by atoms with van der Waals surface area (Å²) in [6.45, 7) is 0.362. The molecule has 0 saturated carbocycles. The second-order valence-corrected chi connectivity index (χ2v) is 6.06. The summed E-state index contributed by atoms with van der Waals surface area (Å²) in [7, 11) is 1.76. The van der Waals surface area contributed by atoms with Crippen molar-refractivity contribution in [3.05, 3.63) is 43.6 Å². The number of carbonyl (C=O) groups is 1. The predicted molar refractivity (Wildman–Crippen MR) is 85.6 cm³/mol. The van der Waals surface area contributed by atoms with Crippen LogP contribution in [0.15, 0.2) is 28.9 Å². The lowest BCUT2D eigenvalue weighted by molar-refractivity contribution is 0.0950. The van der Waals surface area contributed by atoms with Gasteiger partial charge in [0.15, 0.2) is 0 Å². The Kier molecular flexibility index (Phi) is 4.46. The maximum Gasteiger partial charge on any atom is 0.252 e. The summed E-state index contributed by atoms with van der Waals surface area (Å²) in [6, 6.07) is 5.58. The number of aryl methyl sites for hydroxylation is 1. The van der Waals surface area contributed by atoms with Crippen molar-refractivity contribution in [2.75, 3.05) is 5.73 Å². The smallest absolute Gasteiger partial charge is 0.252 e. The quantitative estimate of drug-likeness (QED) is 0.728. The Morgan fingerprint density at radius 2 is 2.32 bits per heavy atom. The van der Waals surface area contributed by atoms with Crippen LogP contribution in [0.5, 0.6) is 0 Å². The van der Waals surface area contributed by atoms with E-state index in [9.17, 15) is 4.79 Å². The first-order valence-electron chi connectivity index (χ1n) is 5.48. The van der Waals surface area contributed by atoms with E-state index in [1.54, 1.807) is 24.0 Å². The molecule has 0 saturated heterocycles. The minimum Gasteiger partial charge on any atom is -0.384 e. The van der Waals surface area contributed by atoms with E-state index in [-0.39, 0.29) is 5.91 Å². The third kappa shape index (κ3) is 3.27. The number of amides is 1. The minimum absolute atomic E-state index is 0.131. The maximum absolute atomic E-state index is 12.1. The van der Waals surface area contributed by atoms with Crippen LogP contribution in [0.3, 0.4) is 0 Å². The minimum atomic E-state index is -0.131. The Labute approximate surface area is 132 Å². The molecule has 1 heterocycles. The SMILES string of the molecule is Cn1ncc(CNC(=O)c2cc(Br)ccc2I)c1N. The third-order valence-electron chi connectivity index (χ3n) is 2.68. The van der Waals surface area contributed by atoms with Gasteiger partial charge in [0.1, 0.15) is 5.82 Å². The molecule has 1 aromatic heterocycles. The third-order valence-corrected chi connectivity index (χ3v) is 4.11. The molecule has 0 atom stereocenters. The summed E-state index contributed by atoms with van der Waals surface area (Å²) in [4.78, 5) is 12.1. The molecule has 0 aliphatic rings. The highest BCUT2D eigenvalue weighted by atomic mass is 127. The van der Waals surface area contributed by atoms with E-state index in [4.69, 9.17) is 5.73 Å². The average Bonchev–Trinajstić information content (AvgIpc) is 2.70. The van der Waals surface area contributed by atoms with Crippen LogP contribution in [0.1, 0.15) is 15.9 Å². The molecule has 0 spiro atoms. The monoisotopic (exact) mass is 434 g/mol. The molecule has 19 heavy (non-hydrogen) atoms. The highest BCUT2D eigenvalue weighted by molar-refractivity contribution is 14.1. The molecule has 0 radical (unpaired) electrons. The second-order valence-electron chi connectivity index (χ2n) is 3.99. The van der Waals surface area contributed by atoms with Crippen molar-refractivity contribution < 1.29 is 4.79 Å². The van der Waals surface area contributed by atoms with Gasteiger partial charge in [0.25, 0.3) is 5.91 Å². The largest absolute Gasteiger partial charge is 0.384 e. The van der Waals surface area contributed by atoms with E-state index < -0.39 is 0 Å². The van der Waals surface area contributed by atoms with Crippen molar-refractivity contribution in [2.45, 2.75) is 6.54 Å². The zero-order chi connectivity index (χ0) is 14.0. The van der Waals surface area contributed by atoms with Crippen LogP contribution in [-0.2, 0) is 13.6 Å². The number of rotatable bonds is 3. The van der Waals surface area contributed by atoms with Gasteiger partial charge in [-0.15, -0.1) is 0 Å². The van der Waals surface area contributed by atoms with Crippen molar-refractivity contribution in [1.82, 2.24) is 15.1 Å². The first-order chi connectivity index (χ1) is 8.99. The molecule has 0 aliphatic carbocycles. The Hall–Kier alpha value is -1.09. The predicted octanol–water partition coefficient (Wildman–Crippen LogP) is 2.30. The number of benzene rings is 1. The van der Waals surface area contributed by atoms with Crippen molar-refractivity contribution >= 4 is 50.2 Å². The number of nitrogen functional groups attached to an aromatic ring is 1. The fourth-order valence-corrected chi connectivity index (χ4v) is 2.51. The Balaban J connectivity index is 2.09. The highest BCUT2D eigenvalue weighted by Gasteiger charge is 2.12. The van der Waals surface area contributed by atoms with Crippen LogP contribution in [0.4, 0.5) is 5.82 Å². The summed E-state index contributed by atoms with van der Waals surface area (Å²) in [5.74, 6) is 0.429. The number of nitrogens with one attached hydrogen (secondary N) is 1. The van der Waals surface area contributed by atoms with E-state index >= 15 is 0 Å². The first-order valence-corrected chi connectivity index (χ1v) is 7.36. The second kappa shape index (κ2) is 5.91. The fraction of sp³-hybridized carbons (Fsp3) is 0.167. The van der Waals surface area contributed by atoms with E-state index in [0.717, 1.165) is 13.6 Å². The van der Waals surface area contributed by atoms with E-state index in [1.165, 1.54) is 0 Å². The van der Waals surface area contributed by atoms with Gasteiger partial charge in [-0.3, -0.25) is 9.48 Å². The molecule has 100 valence electrons. The van der Waals surface area contributed by atoms with Crippen molar-refractivity contribution in [2.24, 2.45) is 7.05 Å². The molecule has 2 rings (SSSR count). The summed E-state index contributed by atoms with van der Waals surface area (Å²) in [5, 5.41) is 6.87. The van der Waals surface area contributed by atoms with E-state index in [0.29, 0.717) is 17.9 Å². The molecule has 5 nitrogen and oxygen atoms in total. The summed E-state index contributed by atoms with van der Waals surface area (Å²) in [6.07, 6.45) is 1.65. The lowest BCUT2D eigenvalue weighted by atomic mass is 10.2. The molecule has 2 aromatic rings. The maximum atomic E-state index is 12.1. The van der Waals surface area contributed by atoms with E-state index in [2.05, 4.69) is 48.9 Å². The molecule has 0 unspecified atom stereocenters. The number of anilines is 1. The standard InChI is InChI=1S/C12H12BrIN4O/c1-18-11(15)7(6-17-18)5-16-12(19)9-4-8(13)2-3-10(9)14/h2-4,6H,5,15H2,1H3,(H,16,19). The van der Waals surface area contributed by atoms with Gasteiger partial charge in [0.05, 0.1) is 11.8 Å². The first kappa shape index (κ1) is 14.3. The number of hydrogen-bond donors (Lipinski definition) is 2. The highest BCUT2D eigenvalue weighted by Crippen LogP contribution is 2.18. The van der Waals surface area contributed by atoms with Gasteiger partial charge in [0.2, 0.25) is 0 Å². The van der Waals surface area contributed by atoms with Crippen LogP contribution < -0.4 is 11.1 Å². The molecule has 7 heteroatoms. The summed E-state index contributed by atoms with van der Waals surface area (Å²) in [5.41, 5.74) is 7.26. The topological polar surface area (TPSA) is 72.9 Å². The molecule has 0 bridgehead atoms. The molecular formula is C12H12BrIN4O. The fourth-order valence-electron chi connectivity index (χ4n) is 1.57. The summed E-state index contributed by atoms with van der Waals surface area (Å²) >= 11 is 5.49. The summed E-state index contributed by atoms with van der Waals surface area (Å²) < 4.78 is 3.35. The number of nitrogens with zero attached hydrogens (tertiary/aromatic N) is 2. The van der Waals surface area contributed by atoms with Gasteiger partial charge in [-0.05, 0) is 40.8 Å². The molecule has 3 N–H and O–H groups in total. The Morgan fingerprint density at radius 1 is 1.58 bits per heavy atom. The van der Waals surface area contributed by atoms with Gasteiger partial charge in [-0.25, -0.2) is 0 Å². The molecule has 1 amide bonds. The number of carbonyl (C=O) groups excluding carboxylic acids is 1. The van der Waals surface area contributed by atoms with Crippen molar-refractivity contribution in [3.8, 4) is 0 Å². The average molecular weight is 435 g/mol. The van der Waals surface area contributed by atoms with Gasteiger partial charge >= 0.3 is 0 Å². The molecule has 1 aromatic carbocycles. The number of nitrogens with two attached hydrogens (primary N) is 1. The van der Waals surface area contributed by atoms with Gasteiger partial charge in [-0.2, -0.15) is 5.10 Å². The van der Waals surface area contributed by atoms with Crippen LogP contribution in [-0.4, -0.2) is 15.7 Å². The Bertz CT molecular complexity index is 626. The van der Waals surface area contributed by atoms with Crippen molar-refractivity contribution in [3.63, 3.8) is 0 Å². The zero-order valence-corrected chi connectivity index (χ0v) is 13.9. The number of aromatic nitrogens is 2. The lowest BCUT2D eigenvalue weighted by Crippen LogP contribution is -2.24. The van der Waals surface area contributed by atoms with E-state index in [1.807, 2.05) is 12.1 Å². The van der Waals surface area contributed by atoms with Crippen LogP contribution >= 0.6 is 38.5 Å². The Morgan fingerprint density at radius 3 is 2.95 bits per heavy atom. The lowest BCUT2D eigenvalue weighted by Gasteiger charge is -2.07. The van der Waals surface area contributed by atoms with Crippen LogP contribution in [0, 0.1) is 3.57 Å². The normalized spacial score (nSPS) is 10.5. The molecular weight excluding hydrogens is 423 g/mol. The number of halogens is 2. The van der Waals surface area contributed by atoms with Gasteiger partial charge < -0.3 is 11.1 Å². The van der Waals surface area contributed by atoms with Gasteiger partial charge in [0, 0.05) is 27.2 Å². The van der Waals surface area contributed by atoms with Gasteiger partial charge in [-0.1, -0.05) is 15.9 Å². The molecule has 0 fully saturated rings. The van der Waals surface area contributed by atoms with Crippen molar-refractivity contribution in [1.29, 1.82) is 0 Å².